The first-order valence-electron chi connectivity index (χ1n) is 3.49. The van der Waals surface area contributed by atoms with Crippen LogP contribution in [0.4, 0.5) is 8.78 Å². The highest BCUT2D eigenvalue weighted by Gasteiger charge is 2.07. The first-order chi connectivity index (χ1) is 5.56. The van der Waals surface area contributed by atoms with Crippen molar-refractivity contribution < 1.29 is 14.0 Å². The monoisotopic (exact) mass is 181 g/mol. The van der Waals surface area contributed by atoms with Gasteiger partial charge in [0.1, 0.15) is 5.84 Å². The summed E-state index contributed by atoms with van der Waals surface area (Å²) in [6.45, 7) is 0.0684. The molecule has 0 aliphatic heterocycles. The van der Waals surface area contributed by atoms with Crippen molar-refractivity contribution in [1.29, 1.82) is 0 Å². The Morgan fingerprint density at radius 2 is 2.25 bits per heavy atom. The minimum absolute atomic E-state index is 0.0520. The maximum Gasteiger partial charge on any atom is 0.251 e. The number of hydrogen-bond acceptors (Lipinski definition) is 3. The summed E-state index contributed by atoms with van der Waals surface area (Å²) < 4.78 is 23.5. The molecule has 0 spiro atoms. The summed E-state index contributed by atoms with van der Waals surface area (Å²) in [7, 11) is 1.55. The number of alkyl halides is 2. The average molecular weight is 181 g/mol. The Bertz CT molecular complexity index is 152. The van der Waals surface area contributed by atoms with Crippen molar-refractivity contribution in [3.05, 3.63) is 0 Å². The van der Waals surface area contributed by atoms with Crippen LogP contribution in [-0.4, -0.2) is 42.5 Å². The van der Waals surface area contributed by atoms with Gasteiger partial charge in [-0.25, -0.2) is 8.78 Å². The van der Waals surface area contributed by atoms with E-state index in [4.69, 9.17) is 10.9 Å². The smallest absolute Gasteiger partial charge is 0.251 e. The summed E-state index contributed by atoms with van der Waals surface area (Å²) >= 11 is 0. The van der Waals surface area contributed by atoms with E-state index in [1.54, 1.807) is 7.05 Å². The van der Waals surface area contributed by atoms with Crippen molar-refractivity contribution in [2.24, 2.45) is 10.9 Å². The normalized spacial score (nSPS) is 12.9. The topological polar surface area (TPSA) is 61.8 Å². The first kappa shape index (κ1) is 11.1. The molecule has 0 amide bonds. The zero-order chi connectivity index (χ0) is 9.56. The van der Waals surface area contributed by atoms with E-state index in [1.807, 2.05) is 0 Å². The molecule has 0 aromatic heterocycles. The second-order valence-corrected chi connectivity index (χ2v) is 2.49. The van der Waals surface area contributed by atoms with Gasteiger partial charge in [-0.1, -0.05) is 5.16 Å². The molecule has 0 radical (unpaired) electrons. The van der Waals surface area contributed by atoms with Gasteiger partial charge in [0.15, 0.2) is 0 Å². The second-order valence-electron chi connectivity index (χ2n) is 2.49. The number of nitrogens with two attached hydrogens (primary N) is 1. The van der Waals surface area contributed by atoms with Crippen molar-refractivity contribution in [1.82, 2.24) is 4.90 Å². The Hall–Kier alpha value is -0.910. The lowest BCUT2D eigenvalue weighted by Gasteiger charge is -2.14. The number of oxime groups is 1. The molecule has 0 unspecified atom stereocenters. The molecular formula is C6H13F2N3O. The van der Waals surface area contributed by atoms with Crippen LogP contribution in [-0.2, 0) is 0 Å². The molecule has 0 rings (SSSR count). The molecular weight excluding hydrogens is 168 g/mol. The van der Waals surface area contributed by atoms with Gasteiger partial charge >= 0.3 is 0 Å². The highest BCUT2D eigenvalue weighted by Crippen LogP contribution is 1.96. The van der Waals surface area contributed by atoms with Crippen LogP contribution in [0.25, 0.3) is 0 Å². The van der Waals surface area contributed by atoms with Gasteiger partial charge in [0.2, 0.25) is 0 Å². The van der Waals surface area contributed by atoms with Gasteiger partial charge in [0, 0.05) is 13.0 Å². The van der Waals surface area contributed by atoms with Crippen LogP contribution in [0.15, 0.2) is 5.16 Å². The Morgan fingerprint density at radius 1 is 1.67 bits per heavy atom. The quantitative estimate of drug-likeness (QED) is 0.278. The number of nitrogens with zero attached hydrogens (tertiary/aromatic N) is 2. The molecule has 0 fully saturated rings. The highest BCUT2D eigenvalue weighted by molar-refractivity contribution is 5.79. The molecule has 0 atom stereocenters. The van der Waals surface area contributed by atoms with Gasteiger partial charge in [0.05, 0.1) is 6.54 Å². The van der Waals surface area contributed by atoms with E-state index in [-0.39, 0.29) is 12.4 Å². The maximum atomic E-state index is 11.7. The van der Waals surface area contributed by atoms with Gasteiger partial charge in [0.25, 0.3) is 6.43 Å². The van der Waals surface area contributed by atoms with Gasteiger partial charge in [-0.3, -0.25) is 0 Å². The summed E-state index contributed by atoms with van der Waals surface area (Å²) in [5, 5.41) is 10.8. The minimum atomic E-state index is -2.35. The zero-order valence-corrected chi connectivity index (χ0v) is 6.87. The van der Waals surface area contributed by atoms with E-state index in [0.29, 0.717) is 13.0 Å². The zero-order valence-electron chi connectivity index (χ0n) is 6.87. The molecule has 0 bridgehead atoms. The van der Waals surface area contributed by atoms with E-state index in [0.717, 1.165) is 0 Å². The standard InChI is InChI=1S/C6H13F2N3O/c1-11(4-5(7)8)3-2-6(9)10-12/h5,12H,2-4H2,1H3,(H2,9,10). The summed E-state index contributed by atoms with van der Waals surface area (Å²) in [5.41, 5.74) is 5.14. The predicted molar refractivity (Wildman–Crippen MR) is 41.5 cm³/mol. The van der Waals surface area contributed by atoms with Gasteiger partial charge < -0.3 is 15.8 Å². The molecule has 3 N–H and O–H groups in total. The van der Waals surface area contributed by atoms with Crippen LogP contribution in [0.5, 0.6) is 0 Å². The molecule has 6 heteroatoms. The maximum absolute atomic E-state index is 11.7. The Balaban J connectivity index is 3.50. The lowest BCUT2D eigenvalue weighted by molar-refractivity contribution is 0.101. The van der Waals surface area contributed by atoms with E-state index in [1.165, 1.54) is 4.90 Å². The van der Waals surface area contributed by atoms with Crippen LogP contribution >= 0.6 is 0 Å². The fourth-order valence-electron chi connectivity index (χ4n) is 0.682. The highest BCUT2D eigenvalue weighted by atomic mass is 19.3. The van der Waals surface area contributed by atoms with Gasteiger partial charge in [-0.15, -0.1) is 0 Å². The molecule has 0 saturated heterocycles. The number of hydrogen-bond donors (Lipinski definition) is 2. The fourth-order valence-corrected chi connectivity index (χ4v) is 0.682. The molecule has 0 saturated carbocycles. The molecule has 0 aromatic rings. The van der Waals surface area contributed by atoms with Crippen LogP contribution in [0.2, 0.25) is 0 Å². The van der Waals surface area contributed by atoms with Crippen LogP contribution in [0.3, 0.4) is 0 Å². The lowest BCUT2D eigenvalue weighted by Crippen LogP contribution is -2.28. The third-order valence-corrected chi connectivity index (χ3v) is 1.33. The Labute approximate surface area is 69.6 Å². The number of halogens is 2. The molecule has 12 heavy (non-hydrogen) atoms. The molecule has 0 aliphatic carbocycles. The Kier molecular flexibility index (Phi) is 5.27. The van der Waals surface area contributed by atoms with E-state index >= 15 is 0 Å². The molecule has 4 nitrogen and oxygen atoms in total. The SMILES string of the molecule is CN(CC/C(N)=N/O)CC(F)F. The van der Waals surface area contributed by atoms with Crippen molar-refractivity contribution in [3.63, 3.8) is 0 Å². The molecule has 0 aliphatic rings. The summed E-state index contributed by atoms with van der Waals surface area (Å²) in [4.78, 5) is 1.42. The van der Waals surface area contributed by atoms with Crippen LogP contribution in [0, 0.1) is 0 Å². The third kappa shape index (κ3) is 5.84. The summed E-state index contributed by atoms with van der Waals surface area (Å²) in [5.74, 6) is 0.0520. The number of rotatable bonds is 5. The van der Waals surface area contributed by atoms with Crippen LogP contribution < -0.4 is 5.73 Å². The Morgan fingerprint density at radius 3 is 2.67 bits per heavy atom. The third-order valence-electron chi connectivity index (χ3n) is 1.33. The molecule has 0 aromatic carbocycles. The summed E-state index contributed by atoms with van der Waals surface area (Å²) in [6, 6.07) is 0. The van der Waals surface area contributed by atoms with E-state index in [2.05, 4.69) is 5.16 Å². The minimum Gasteiger partial charge on any atom is -0.409 e. The van der Waals surface area contributed by atoms with Gasteiger partial charge in [-0.2, -0.15) is 0 Å². The number of amidine groups is 1. The van der Waals surface area contributed by atoms with Crippen LogP contribution in [0.1, 0.15) is 6.42 Å². The predicted octanol–water partition coefficient (Wildman–Crippen LogP) is 0.320. The van der Waals surface area contributed by atoms with Crippen molar-refractivity contribution in [3.8, 4) is 0 Å². The van der Waals surface area contributed by atoms with Crippen molar-refractivity contribution >= 4 is 5.84 Å². The van der Waals surface area contributed by atoms with E-state index in [9.17, 15) is 8.78 Å². The van der Waals surface area contributed by atoms with Crippen molar-refractivity contribution in [2.45, 2.75) is 12.8 Å². The fraction of sp³-hybridized carbons (Fsp3) is 0.833. The van der Waals surface area contributed by atoms with Gasteiger partial charge in [-0.05, 0) is 7.05 Å². The van der Waals surface area contributed by atoms with Crippen molar-refractivity contribution in [2.75, 3.05) is 20.1 Å². The first-order valence-corrected chi connectivity index (χ1v) is 3.49. The second kappa shape index (κ2) is 5.70. The van der Waals surface area contributed by atoms with E-state index < -0.39 is 6.43 Å². The lowest BCUT2D eigenvalue weighted by atomic mass is 10.4. The molecule has 72 valence electrons. The molecule has 0 heterocycles. The largest absolute Gasteiger partial charge is 0.409 e. The average Bonchev–Trinajstić information content (AvgIpc) is 1.99. The summed E-state index contributed by atoms with van der Waals surface area (Å²) in [6.07, 6.45) is -2.05.